The Hall–Kier alpha value is -2.51. The first-order valence-corrected chi connectivity index (χ1v) is 10.1. The number of aromatic nitrogens is 2. The first-order chi connectivity index (χ1) is 14.6. The zero-order chi connectivity index (χ0) is 22.8. The Morgan fingerprint density at radius 3 is 2.61 bits per heavy atom. The van der Waals surface area contributed by atoms with Gasteiger partial charge >= 0.3 is 12.1 Å². The maximum absolute atomic E-state index is 12.8. The average molecular weight is 463 g/mol. The second kappa shape index (κ2) is 9.32. The van der Waals surface area contributed by atoms with Crippen LogP contribution in [0.4, 0.5) is 13.2 Å². The van der Waals surface area contributed by atoms with E-state index < -0.39 is 12.1 Å². The molecule has 9 nitrogen and oxygen atoms in total. The number of fused-ring (bicyclic) bond motifs is 1. The van der Waals surface area contributed by atoms with Gasteiger partial charge in [-0.2, -0.15) is 13.2 Å². The first kappa shape index (κ1) is 23.2. The van der Waals surface area contributed by atoms with Crippen molar-refractivity contribution < 1.29 is 41.9 Å². The van der Waals surface area contributed by atoms with Crippen LogP contribution >= 0.6 is 11.3 Å². The molecule has 3 atom stereocenters. The predicted octanol–water partition coefficient (Wildman–Crippen LogP) is 2.44. The summed E-state index contributed by atoms with van der Waals surface area (Å²) in [4.78, 5) is 28.0. The van der Waals surface area contributed by atoms with Crippen LogP contribution in [0, 0.1) is 19.8 Å². The van der Waals surface area contributed by atoms with Gasteiger partial charge in [-0.05, 0) is 13.8 Å². The lowest BCUT2D eigenvalue weighted by Gasteiger charge is -2.21. The summed E-state index contributed by atoms with van der Waals surface area (Å²) in [5.41, 5.74) is 1.45. The molecule has 2 aromatic heterocycles. The third-order valence-corrected chi connectivity index (χ3v) is 5.77. The molecule has 2 fully saturated rings. The van der Waals surface area contributed by atoms with Crippen LogP contribution in [0.3, 0.4) is 0 Å². The zero-order valence-electron chi connectivity index (χ0n) is 16.6. The molecule has 1 N–H and O–H groups in total. The molecule has 170 valence electrons. The lowest BCUT2D eigenvalue weighted by molar-refractivity contribution is -0.192. The van der Waals surface area contributed by atoms with Crippen LogP contribution in [0.5, 0.6) is 0 Å². The third kappa shape index (κ3) is 5.40. The molecule has 4 rings (SSSR count). The van der Waals surface area contributed by atoms with Gasteiger partial charge in [0.05, 0.1) is 48.9 Å². The van der Waals surface area contributed by atoms with E-state index in [2.05, 4.69) is 10.1 Å². The van der Waals surface area contributed by atoms with Gasteiger partial charge in [-0.25, -0.2) is 9.78 Å². The van der Waals surface area contributed by atoms with Crippen molar-refractivity contribution in [3.8, 4) is 0 Å². The van der Waals surface area contributed by atoms with Gasteiger partial charge in [-0.3, -0.25) is 4.79 Å². The number of carbonyl (C=O) groups is 2. The number of thiazole rings is 1. The molecule has 0 radical (unpaired) electrons. The van der Waals surface area contributed by atoms with Crippen molar-refractivity contribution in [2.75, 3.05) is 19.8 Å². The second-order valence-electron chi connectivity index (χ2n) is 7.03. The van der Waals surface area contributed by atoms with Crippen molar-refractivity contribution in [2.24, 2.45) is 5.92 Å². The van der Waals surface area contributed by atoms with Crippen LogP contribution in [-0.2, 0) is 20.9 Å². The van der Waals surface area contributed by atoms with E-state index in [1.165, 1.54) is 6.20 Å². The summed E-state index contributed by atoms with van der Waals surface area (Å²) in [5, 5.41) is 13.9. The van der Waals surface area contributed by atoms with E-state index in [4.69, 9.17) is 23.9 Å². The van der Waals surface area contributed by atoms with Crippen LogP contribution in [-0.4, -0.2) is 70.1 Å². The van der Waals surface area contributed by atoms with E-state index in [1.807, 2.05) is 17.2 Å². The fraction of sp³-hybridized carbons (Fsp3) is 0.556. The minimum Gasteiger partial charge on any atom is -0.475 e. The number of halogens is 3. The number of rotatable bonds is 4. The Bertz CT molecular complexity index is 931. The molecule has 0 bridgehead atoms. The number of carboxylic acid groups (broad SMARTS) is 1. The first-order valence-electron chi connectivity index (χ1n) is 9.20. The number of nitrogens with zero attached hydrogens (tertiary/aromatic N) is 3. The number of hydrogen-bond donors (Lipinski definition) is 1. The molecule has 1 amide bonds. The molecule has 0 unspecified atom stereocenters. The molecule has 2 aromatic rings. The van der Waals surface area contributed by atoms with Crippen molar-refractivity contribution in [1.29, 1.82) is 0 Å². The van der Waals surface area contributed by atoms with E-state index >= 15 is 0 Å². The molecule has 13 heteroatoms. The standard InChI is InChI=1S/C16H19N3O4S.C2HF3O2/c1-9-12(3-17-23-9)16(20)19-4-15(13-6-21-7-14(13)19)22-5-11-8-24-10(2)18-11;3-2(4,5)1(6)7/h3,8,13-15H,4-7H2,1-2H3;(H,6,7)/t13-,14+,15-;/m0./s1. The average Bonchev–Trinajstić information content (AvgIpc) is 3.45. The summed E-state index contributed by atoms with van der Waals surface area (Å²) in [6.07, 6.45) is -3.64. The topological polar surface area (TPSA) is 115 Å². The van der Waals surface area contributed by atoms with E-state index in [9.17, 15) is 18.0 Å². The molecule has 0 aliphatic carbocycles. The lowest BCUT2D eigenvalue weighted by atomic mass is 10.0. The van der Waals surface area contributed by atoms with E-state index in [1.54, 1.807) is 18.3 Å². The maximum Gasteiger partial charge on any atom is 0.490 e. The summed E-state index contributed by atoms with van der Waals surface area (Å²) >= 11 is 1.61. The number of aliphatic carboxylic acids is 1. The highest BCUT2D eigenvalue weighted by molar-refractivity contribution is 7.09. The van der Waals surface area contributed by atoms with Gasteiger partial charge in [0.15, 0.2) is 0 Å². The van der Waals surface area contributed by atoms with Gasteiger partial charge in [0.1, 0.15) is 11.3 Å². The van der Waals surface area contributed by atoms with E-state index in [0.29, 0.717) is 37.7 Å². The van der Waals surface area contributed by atoms with Gasteiger partial charge in [0.2, 0.25) is 0 Å². The van der Waals surface area contributed by atoms with Crippen LogP contribution in [0.25, 0.3) is 0 Å². The number of alkyl halides is 3. The number of hydrogen-bond acceptors (Lipinski definition) is 8. The van der Waals surface area contributed by atoms with Crippen LogP contribution in [0.1, 0.15) is 26.8 Å². The van der Waals surface area contributed by atoms with Crippen LogP contribution < -0.4 is 0 Å². The SMILES string of the molecule is Cc1nc(CO[C@H]2CN(C(=O)c3cnoc3C)[C@@H]3COC[C@H]23)cs1.O=C(O)C(F)(F)F. The molecule has 31 heavy (non-hydrogen) atoms. The van der Waals surface area contributed by atoms with Crippen molar-refractivity contribution in [3.05, 3.63) is 33.6 Å². The van der Waals surface area contributed by atoms with Crippen LogP contribution in [0.2, 0.25) is 0 Å². The zero-order valence-corrected chi connectivity index (χ0v) is 17.4. The smallest absolute Gasteiger partial charge is 0.475 e. The van der Waals surface area contributed by atoms with Gasteiger partial charge in [-0.1, -0.05) is 5.16 Å². The third-order valence-electron chi connectivity index (χ3n) is 4.94. The number of likely N-dealkylation sites (tertiary alicyclic amines) is 1. The molecule has 2 aliphatic rings. The maximum atomic E-state index is 12.8. The second-order valence-corrected chi connectivity index (χ2v) is 8.09. The fourth-order valence-electron chi connectivity index (χ4n) is 3.44. The summed E-state index contributed by atoms with van der Waals surface area (Å²) < 4.78 is 48.4. The number of ether oxygens (including phenoxy) is 2. The fourth-order valence-corrected chi connectivity index (χ4v) is 4.03. The monoisotopic (exact) mass is 463 g/mol. The molecule has 0 aromatic carbocycles. The lowest BCUT2D eigenvalue weighted by Crippen LogP contribution is -2.38. The summed E-state index contributed by atoms with van der Waals surface area (Å²) in [6, 6.07) is 0.0500. The van der Waals surface area contributed by atoms with E-state index in [-0.39, 0.29) is 24.0 Å². The molecular formula is C18H20F3N3O6S. The molecule has 0 saturated carbocycles. The highest BCUT2D eigenvalue weighted by Crippen LogP contribution is 2.34. The molecular weight excluding hydrogens is 443 g/mol. The van der Waals surface area contributed by atoms with Crippen molar-refractivity contribution in [3.63, 3.8) is 0 Å². The van der Waals surface area contributed by atoms with Crippen molar-refractivity contribution in [1.82, 2.24) is 15.0 Å². The highest BCUT2D eigenvalue weighted by Gasteiger charge is 2.48. The van der Waals surface area contributed by atoms with Crippen molar-refractivity contribution in [2.45, 2.75) is 38.8 Å². The Balaban J connectivity index is 0.000000339. The largest absolute Gasteiger partial charge is 0.490 e. The summed E-state index contributed by atoms with van der Waals surface area (Å²) in [5.74, 6) is -2.08. The summed E-state index contributed by atoms with van der Waals surface area (Å²) in [7, 11) is 0. The molecule has 0 spiro atoms. The Morgan fingerprint density at radius 1 is 1.35 bits per heavy atom. The Labute approximate surface area is 178 Å². The predicted molar refractivity (Wildman–Crippen MR) is 99.5 cm³/mol. The van der Waals surface area contributed by atoms with Gasteiger partial charge < -0.3 is 24.0 Å². The molecule has 2 saturated heterocycles. The molecule has 2 aliphatic heterocycles. The Morgan fingerprint density at radius 2 is 2.06 bits per heavy atom. The normalized spacial score (nSPS) is 22.7. The van der Waals surface area contributed by atoms with Crippen molar-refractivity contribution >= 4 is 23.2 Å². The summed E-state index contributed by atoms with van der Waals surface area (Å²) in [6.45, 7) is 5.93. The van der Waals surface area contributed by atoms with E-state index in [0.717, 1.165) is 10.7 Å². The number of carbonyl (C=O) groups excluding carboxylic acids is 1. The number of aryl methyl sites for hydroxylation is 2. The molecule has 4 heterocycles. The number of amides is 1. The number of carboxylic acids is 1. The van der Waals surface area contributed by atoms with Crippen LogP contribution in [0.15, 0.2) is 16.1 Å². The minimum absolute atomic E-state index is 0.0383. The Kier molecular flexibility index (Phi) is 6.96. The van der Waals surface area contributed by atoms with Gasteiger partial charge in [0.25, 0.3) is 5.91 Å². The quantitative estimate of drug-likeness (QED) is 0.735. The van der Waals surface area contributed by atoms with Gasteiger partial charge in [-0.15, -0.1) is 11.3 Å². The van der Waals surface area contributed by atoms with Gasteiger partial charge in [0, 0.05) is 17.8 Å². The minimum atomic E-state index is -5.08. The highest BCUT2D eigenvalue weighted by atomic mass is 32.1.